The molecule has 0 fully saturated rings. The Morgan fingerprint density at radius 3 is 1.50 bits per heavy atom. The van der Waals surface area contributed by atoms with E-state index < -0.39 is 26.6 Å². The van der Waals surface area contributed by atoms with Gasteiger partial charge in [0.2, 0.25) is 0 Å². The van der Waals surface area contributed by atoms with Crippen LogP contribution in [0.4, 0.5) is 0 Å². The van der Waals surface area contributed by atoms with Gasteiger partial charge < -0.3 is 4.74 Å². The van der Waals surface area contributed by atoms with Crippen LogP contribution in [0, 0.1) is 5.41 Å². The molecule has 4 nitrogen and oxygen atoms in total. The third-order valence-corrected chi connectivity index (χ3v) is 2.78. The molecule has 0 spiro atoms. The molecule has 0 rings (SSSR count). The second kappa shape index (κ2) is 3.79. The fraction of sp³-hybridized carbons (Fsp3) is 1.00. The standard InChI is InChI=1S/C9H20O4S/c1-8(2,3)7(14(10,11)12)13-9(4,5)6/h7H,1-6H3,(H,10,11,12). The molecule has 0 aromatic rings. The first-order valence-corrected chi connectivity index (χ1v) is 5.98. The normalized spacial score (nSPS) is 16.8. The lowest BCUT2D eigenvalue weighted by atomic mass is 9.97. The van der Waals surface area contributed by atoms with E-state index in [-0.39, 0.29) is 0 Å². The second-order valence-electron chi connectivity index (χ2n) is 5.44. The van der Waals surface area contributed by atoms with Crippen LogP contribution in [-0.2, 0) is 14.9 Å². The quantitative estimate of drug-likeness (QED) is 0.729. The minimum Gasteiger partial charge on any atom is -0.354 e. The maximum absolute atomic E-state index is 11.1. The van der Waals surface area contributed by atoms with E-state index in [9.17, 15) is 8.42 Å². The van der Waals surface area contributed by atoms with Crippen molar-refractivity contribution in [2.75, 3.05) is 0 Å². The minimum atomic E-state index is -4.18. The first kappa shape index (κ1) is 13.9. The van der Waals surface area contributed by atoms with Crippen LogP contribution >= 0.6 is 0 Å². The number of hydrogen-bond donors (Lipinski definition) is 1. The van der Waals surface area contributed by atoms with E-state index in [0.717, 1.165) is 0 Å². The summed E-state index contributed by atoms with van der Waals surface area (Å²) in [5.74, 6) is 0. The summed E-state index contributed by atoms with van der Waals surface area (Å²) in [7, 11) is -4.18. The summed E-state index contributed by atoms with van der Waals surface area (Å²) in [6.07, 6.45) is 0. The Balaban J connectivity index is 4.98. The van der Waals surface area contributed by atoms with E-state index >= 15 is 0 Å². The summed E-state index contributed by atoms with van der Waals surface area (Å²) in [5, 5.41) is 0. The van der Waals surface area contributed by atoms with Crippen LogP contribution in [0.25, 0.3) is 0 Å². The van der Waals surface area contributed by atoms with E-state index in [4.69, 9.17) is 9.29 Å². The maximum Gasteiger partial charge on any atom is 0.292 e. The Morgan fingerprint density at radius 2 is 1.43 bits per heavy atom. The molecular formula is C9H20O4S. The number of ether oxygens (including phenoxy) is 1. The third-order valence-electron chi connectivity index (χ3n) is 1.44. The molecule has 5 heteroatoms. The van der Waals surface area contributed by atoms with Gasteiger partial charge in [0.15, 0.2) is 5.44 Å². The van der Waals surface area contributed by atoms with Gasteiger partial charge in [-0.15, -0.1) is 0 Å². The molecule has 0 aliphatic rings. The molecule has 1 unspecified atom stereocenters. The molecule has 0 aromatic heterocycles. The fourth-order valence-corrected chi connectivity index (χ4v) is 2.31. The van der Waals surface area contributed by atoms with Gasteiger partial charge in [-0.25, -0.2) is 0 Å². The lowest BCUT2D eigenvalue weighted by Crippen LogP contribution is -2.41. The van der Waals surface area contributed by atoms with Crippen LogP contribution in [0.5, 0.6) is 0 Å². The predicted octanol–water partition coefficient (Wildman–Crippen LogP) is 2.06. The van der Waals surface area contributed by atoms with Gasteiger partial charge in [0.25, 0.3) is 10.1 Å². The van der Waals surface area contributed by atoms with Crippen LogP contribution < -0.4 is 0 Å². The van der Waals surface area contributed by atoms with Gasteiger partial charge in [-0.05, 0) is 20.8 Å². The van der Waals surface area contributed by atoms with Gasteiger partial charge in [0.05, 0.1) is 5.60 Å². The molecule has 14 heavy (non-hydrogen) atoms. The lowest BCUT2D eigenvalue weighted by molar-refractivity contribution is -0.0665. The van der Waals surface area contributed by atoms with Crippen LogP contribution in [0.3, 0.4) is 0 Å². The summed E-state index contributed by atoms with van der Waals surface area (Å²) >= 11 is 0. The van der Waals surface area contributed by atoms with E-state index in [0.29, 0.717) is 0 Å². The van der Waals surface area contributed by atoms with E-state index in [2.05, 4.69) is 0 Å². The molecule has 0 saturated heterocycles. The van der Waals surface area contributed by atoms with Crippen molar-refractivity contribution in [1.82, 2.24) is 0 Å². The van der Waals surface area contributed by atoms with Gasteiger partial charge in [-0.3, -0.25) is 4.55 Å². The summed E-state index contributed by atoms with van der Waals surface area (Å²) in [6.45, 7) is 10.4. The van der Waals surface area contributed by atoms with Crippen LogP contribution in [-0.4, -0.2) is 24.0 Å². The summed E-state index contributed by atoms with van der Waals surface area (Å²) < 4.78 is 36.5. The molecule has 0 heterocycles. The van der Waals surface area contributed by atoms with Crippen molar-refractivity contribution in [2.45, 2.75) is 52.6 Å². The highest BCUT2D eigenvalue weighted by Gasteiger charge is 2.38. The van der Waals surface area contributed by atoms with Crippen molar-refractivity contribution in [3.05, 3.63) is 0 Å². The summed E-state index contributed by atoms with van der Waals surface area (Å²) in [5.41, 5.74) is -2.45. The molecule has 0 aromatic carbocycles. The van der Waals surface area contributed by atoms with E-state index in [1.54, 1.807) is 41.5 Å². The Hall–Kier alpha value is -0.130. The maximum atomic E-state index is 11.1. The van der Waals surface area contributed by atoms with Crippen molar-refractivity contribution >= 4 is 10.1 Å². The van der Waals surface area contributed by atoms with Crippen LogP contribution in [0.2, 0.25) is 0 Å². The first-order valence-electron chi connectivity index (χ1n) is 4.48. The van der Waals surface area contributed by atoms with Crippen LogP contribution in [0.15, 0.2) is 0 Å². The Bertz CT molecular complexity index is 279. The Kier molecular flexibility index (Phi) is 3.76. The molecule has 0 bridgehead atoms. The highest BCUT2D eigenvalue weighted by molar-refractivity contribution is 7.86. The first-order chi connectivity index (χ1) is 5.84. The topological polar surface area (TPSA) is 63.6 Å². The SMILES string of the molecule is CC(C)(C)OC(C(C)(C)C)S(=O)(=O)O. The van der Waals surface area contributed by atoms with Gasteiger partial charge in [-0.2, -0.15) is 8.42 Å². The molecule has 0 aliphatic heterocycles. The monoisotopic (exact) mass is 224 g/mol. The molecule has 1 N–H and O–H groups in total. The van der Waals surface area contributed by atoms with Gasteiger partial charge in [0.1, 0.15) is 0 Å². The minimum absolute atomic E-state index is 0.603. The number of rotatable bonds is 2. The van der Waals surface area contributed by atoms with Crippen molar-refractivity contribution in [3.8, 4) is 0 Å². The van der Waals surface area contributed by atoms with Gasteiger partial charge >= 0.3 is 0 Å². The van der Waals surface area contributed by atoms with Crippen molar-refractivity contribution < 1.29 is 17.7 Å². The van der Waals surface area contributed by atoms with Crippen molar-refractivity contribution in [2.24, 2.45) is 5.41 Å². The molecule has 1 atom stereocenters. The average molecular weight is 224 g/mol. The summed E-state index contributed by atoms with van der Waals surface area (Å²) in [4.78, 5) is 0. The largest absolute Gasteiger partial charge is 0.354 e. The number of hydrogen-bond acceptors (Lipinski definition) is 3. The lowest BCUT2D eigenvalue weighted by Gasteiger charge is -2.33. The fourth-order valence-electron chi connectivity index (χ4n) is 1.01. The molecule has 0 amide bonds. The molecule has 0 radical (unpaired) electrons. The smallest absolute Gasteiger partial charge is 0.292 e. The Labute approximate surface area is 86.4 Å². The summed E-state index contributed by atoms with van der Waals surface area (Å²) in [6, 6.07) is 0. The highest BCUT2D eigenvalue weighted by Crippen LogP contribution is 2.29. The predicted molar refractivity (Wildman–Crippen MR) is 55.6 cm³/mol. The average Bonchev–Trinajstić information content (AvgIpc) is 1.75. The Morgan fingerprint density at radius 1 is 1.07 bits per heavy atom. The van der Waals surface area contributed by atoms with Gasteiger partial charge in [0, 0.05) is 5.41 Å². The molecule has 86 valence electrons. The highest BCUT2D eigenvalue weighted by atomic mass is 32.2. The van der Waals surface area contributed by atoms with Crippen molar-refractivity contribution in [3.63, 3.8) is 0 Å². The zero-order valence-electron chi connectivity index (χ0n) is 9.66. The molecule has 0 saturated carbocycles. The van der Waals surface area contributed by atoms with Crippen LogP contribution in [0.1, 0.15) is 41.5 Å². The van der Waals surface area contributed by atoms with E-state index in [1.165, 1.54) is 0 Å². The molecule has 0 aliphatic carbocycles. The molecular weight excluding hydrogens is 204 g/mol. The third kappa shape index (κ3) is 4.93. The van der Waals surface area contributed by atoms with Gasteiger partial charge in [-0.1, -0.05) is 20.8 Å². The van der Waals surface area contributed by atoms with E-state index in [1.807, 2.05) is 0 Å². The van der Waals surface area contributed by atoms with Crippen molar-refractivity contribution in [1.29, 1.82) is 0 Å². The zero-order valence-corrected chi connectivity index (χ0v) is 10.5. The zero-order chi connectivity index (χ0) is 11.8. The second-order valence-corrected chi connectivity index (χ2v) is 6.90.